The summed E-state index contributed by atoms with van der Waals surface area (Å²) in [4.78, 5) is 18.0. The highest BCUT2D eigenvalue weighted by Gasteiger charge is 2.12. The SMILES string of the molecule is CCOC(=O)CCCNC(=NC)NCc1ccccc1CN1CCOCC1.I. The number of halogens is 1. The number of esters is 1. The van der Waals surface area contributed by atoms with Crippen LogP contribution < -0.4 is 10.6 Å². The van der Waals surface area contributed by atoms with Crippen LogP contribution >= 0.6 is 24.0 Å². The first-order valence-corrected chi connectivity index (χ1v) is 9.70. The van der Waals surface area contributed by atoms with Gasteiger partial charge in [-0.05, 0) is 24.5 Å². The average molecular weight is 504 g/mol. The van der Waals surface area contributed by atoms with Crippen LogP contribution in [0.2, 0.25) is 0 Å². The normalized spacial score (nSPS) is 14.9. The Morgan fingerprint density at radius 1 is 1.21 bits per heavy atom. The first kappa shape index (κ1) is 24.6. The summed E-state index contributed by atoms with van der Waals surface area (Å²) in [5.41, 5.74) is 2.59. The van der Waals surface area contributed by atoms with Crippen LogP contribution in [0.4, 0.5) is 0 Å². The lowest BCUT2D eigenvalue weighted by molar-refractivity contribution is -0.143. The van der Waals surface area contributed by atoms with Crippen molar-refractivity contribution >= 4 is 35.9 Å². The molecule has 2 N–H and O–H groups in total. The van der Waals surface area contributed by atoms with E-state index in [1.165, 1.54) is 11.1 Å². The Balaban J connectivity index is 0.00000392. The van der Waals surface area contributed by atoms with E-state index >= 15 is 0 Å². The number of carbonyl (C=O) groups is 1. The molecule has 0 radical (unpaired) electrons. The Kier molecular flexibility index (Phi) is 12.8. The highest BCUT2D eigenvalue weighted by atomic mass is 127. The molecule has 0 aromatic heterocycles. The molecule has 0 saturated carbocycles. The summed E-state index contributed by atoms with van der Waals surface area (Å²) in [6.45, 7) is 8.14. The maximum Gasteiger partial charge on any atom is 0.305 e. The number of benzene rings is 1. The molecule has 0 spiro atoms. The molecule has 1 aliphatic rings. The topological polar surface area (TPSA) is 75.2 Å². The number of nitrogens with one attached hydrogen (secondary N) is 2. The summed E-state index contributed by atoms with van der Waals surface area (Å²) in [5, 5.41) is 6.60. The molecule has 0 bridgehead atoms. The standard InChI is InChI=1S/C20H32N4O3.HI/c1-3-27-19(25)9-6-10-22-20(21-2)23-15-17-7-4-5-8-18(17)16-24-11-13-26-14-12-24;/h4-5,7-8H,3,6,9-16H2,1-2H3,(H2,21,22,23);1H. The minimum Gasteiger partial charge on any atom is -0.466 e. The fourth-order valence-corrected chi connectivity index (χ4v) is 2.96. The second-order valence-corrected chi connectivity index (χ2v) is 6.42. The van der Waals surface area contributed by atoms with Crippen LogP contribution in [0.25, 0.3) is 0 Å². The smallest absolute Gasteiger partial charge is 0.305 e. The molecular weight excluding hydrogens is 471 g/mol. The van der Waals surface area contributed by atoms with Crippen molar-refractivity contribution in [3.8, 4) is 0 Å². The first-order chi connectivity index (χ1) is 13.2. The van der Waals surface area contributed by atoms with Gasteiger partial charge in [0.25, 0.3) is 0 Å². The second kappa shape index (κ2) is 14.6. The zero-order valence-corrected chi connectivity index (χ0v) is 19.2. The lowest BCUT2D eigenvalue weighted by Crippen LogP contribution is -2.38. The van der Waals surface area contributed by atoms with Crippen LogP contribution in [0.1, 0.15) is 30.9 Å². The van der Waals surface area contributed by atoms with Crippen LogP contribution in [0.5, 0.6) is 0 Å². The van der Waals surface area contributed by atoms with E-state index in [4.69, 9.17) is 9.47 Å². The van der Waals surface area contributed by atoms with Crippen LogP contribution in [0.15, 0.2) is 29.3 Å². The Morgan fingerprint density at radius 3 is 2.61 bits per heavy atom. The number of nitrogens with zero attached hydrogens (tertiary/aromatic N) is 2. The van der Waals surface area contributed by atoms with E-state index < -0.39 is 0 Å². The van der Waals surface area contributed by atoms with E-state index in [2.05, 4.69) is 44.8 Å². The molecule has 0 atom stereocenters. The fourth-order valence-electron chi connectivity index (χ4n) is 2.96. The number of carbonyl (C=O) groups excluding carboxylic acids is 1. The van der Waals surface area contributed by atoms with Gasteiger partial charge < -0.3 is 20.1 Å². The minimum atomic E-state index is -0.153. The maximum atomic E-state index is 11.4. The molecule has 28 heavy (non-hydrogen) atoms. The first-order valence-electron chi connectivity index (χ1n) is 9.70. The molecule has 8 heteroatoms. The van der Waals surface area contributed by atoms with Crippen LogP contribution in [-0.2, 0) is 27.4 Å². The molecule has 0 aliphatic carbocycles. The van der Waals surface area contributed by atoms with E-state index in [1.54, 1.807) is 7.05 Å². The molecule has 1 saturated heterocycles. The average Bonchev–Trinajstić information content (AvgIpc) is 2.69. The molecule has 1 aliphatic heterocycles. The minimum absolute atomic E-state index is 0. The molecule has 158 valence electrons. The third-order valence-electron chi connectivity index (χ3n) is 4.44. The van der Waals surface area contributed by atoms with Crippen molar-refractivity contribution in [1.29, 1.82) is 0 Å². The van der Waals surface area contributed by atoms with Crippen LogP contribution in [0.3, 0.4) is 0 Å². The lowest BCUT2D eigenvalue weighted by Gasteiger charge is -2.27. The van der Waals surface area contributed by atoms with Crippen molar-refractivity contribution < 1.29 is 14.3 Å². The van der Waals surface area contributed by atoms with Crippen molar-refractivity contribution in [2.24, 2.45) is 4.99 Å². The van der Waals surface area contributed by atoms with Gasteiger partial charge in [0, 0.05) is 46.2 Å². The number of guanidine groups is 1. The number of hydrogen-bond donors (Lipinski definition) is 2. The molecule has 1 aromatic carbocycles. The van der Waals surface area contributed by atoms with Gasteiger partial charge in [-0.15, -0.1) is 24.0 Å². The van der Waals surface area contributed by atoms with Crippen molar-refractivity contribution in [3.63, 3.8) is 0 Å². The van der Waals surface area contributed by atoms with Crippen molar-refractivity contribution in [2.75, 3.05) is 46.5 Å². The molecular formula is C20H33IN4O3. The van der Waals surface area contributed by atoms with E-state index in [-0.39, 0.29) is 29.9 Å². The summed E-state index contributed by atoms with van der Waals surface area (Å²) in [5.74, 6) is 0.583. The Bertz CT molecular complexity index is 607. The van der Waals surface area contributed by atoms with Crippen LogP contribution in [-0.4, -0.2) is 63.3 Å². The molecule has 0 unspecified atom stereocenters. The van der Waals surface area contributed by atoms with Gasteiger partial charge in [-0.1, -0.05) is 24.3 Å². The third kappa shape index (κ3) is 9.20. The number of ether oxygens (including phenoxy) is 2. The van der Waals surface area contributed by atoms with Gasteiger partial charge in [-0.2, -0.15) is 0 Å². The maximum absolute atomic E-state index is 11.4. The lowest BCUT2D eigenvalue weighted by atomic mass is 10.1. The van der Waals surface area contributed by atoms with Gasteiger partial charge in [0.1, 0.15) is 0 Å². The van der Waals surface area contributed by atoms with Crippen molar-refractivity contribution in [3.05, 3.63) is 35.4 Å². The van der Waals surface area contributed by atoms with Crippen molar-refractivity contribution in [1.82, 2.24) is 15.5 Å². The van der Waals surface area contributed by atoms with E-state index in [1.807, 2.05) is 6.92 Å². The predicted octanol–water partition coefficient (Wildman–Crippen LogP) is 2.15. The fraction of sp³-hybridized carbons (Fsp3) is 0.600. The van der Waals surface area contributed by atoms with Gasteiger partial charge in [0.05, 0.1) is 19.8 Å². The third-order valence-corrected chi connectivity index (χ3v) is 4.44. The quantitative estimate of drug-likeness (QED) is 0.177. The number of aliphatic imine (C=N–C) groups is 1. The summed E-state index contributed by atoms with van der Waals surface area (Å²) in [6, 6.07) is 8.48. The number of morpholine rings is 1. The number of hydrogen-bond acceptors (Lipinski definition) is 5. The molecule has 1 heterocycles. The van der Waals surface area contributed by atoms with Gasteiger partial charge in [-0.3, -0.25) is 14.7 Å². The Morgan fingerprint density at radius 2 is 1.93 bits per heavy atom. The summed E-state index contributed by atoms with van der Waals surface area (Å²) < 4.78 is 10.4. The monoisotopic (exact) mass is 504 g/mol. The molecule has 7 nitrogen and oxygen atoms in total. The Hall–Kier alpha value is -1.39. The van der Waals surface area contributed by atoms with Gasteiger partial charge in [0.2, 0.25) is 0 Å². The molecule has 0 amide bonds. The second-order valence-electron chi connectivity index (χ2n) is 6.42. The highest BCUT2D eigenvalue weighted by Crippen LogP contribution is 2.13. The molecule has 1 fully saturated rings. The molecule has 2 rings (SSSR count). The van der Waals surface area contributed by atoms with E-state index in [0.29, 0.717) is 32.5 Å². The van der Waals surface area contributed by atoms with Crippen molar-refractivity contribution in [2.45, 2.75) is 32.9 Å². The van der Waals surface area contributed by atoms with E-state index in [0.717, 1.165) is 38.8 Å². The summed E-state index contributed by atoms with van der Waals surface area (Å²) >= 11 is 0. The van der Waals surface area contributed by atoms with Gasteiger partial charge in [0.15, 0.2) is 5.96 Å². The summed E-state index contributed by atoms with van der Waals surface area (Å²) in [6.07, 6.45) is 1.13. The summed E-state index contributed by atoms with van der Waals surface area (Å²) in [7, 11) is 1.75. The van der Waals surface area contributed by atoms with E-state index in [9.17, 15) is 4.79 Å². The highest BCUT2D eigenvalue weighted by molar-refractivity contribution is 14.0. The Labute approximate surface area is 185 Å². The van der Waals surface area contributed by atoms with Gasteiger partial charge in [-0.25, -0.2) is 0 Å². The van der Waals surface area contributed by atoms with Gasteiger partial charge >= 0.3 is 5.97 Å². The number of rotatable bonds is 9. The zero-order valence-electron chi connectivity index (χ0n) is 16.9. The largest absolute Gasteiger partial charge is 0.466 e. The molecule has 1 aromatic rings. The zero-order chi connectivity index (χ0) is 19.3. The van der Waals surface area contributed by atoms with Crippen LogP contribution in [0, 0.1) is 0 Å². The predicted molar refractivity (Wildman–Crippen MR) is 122 cm³/mol.